The molecule has 1 atom stereocenters. The molecule has 0 radical (unpaired) electrons. The molecule has 4 nitrogen and oxygen atoms in total. The van der Waals surface area contributed by atoms with Crippen LogP contribution < -0.4 is 5.84 Å². The summed E-state index contributed by atoms with van der Waals surface area (Å²) in [5.41, 5.74) is 5.07. The number of rotatable bonds is 3. The lowest BCUT2D eigenvalue weighted by Gasteiger charge is -2.24. The van der Waals surface area contributed by atoms with Crippen LogP contribution in [0.2, 0.25) is 0 Å². The highest BCUT2D eigenvalue weighted by atomic mass is 32.2. The number of nitrogens with zero attached hydrogens (tertiary/aromatic N) is 3. The summed E-state index contributed by atoms with van der Waals surface area (Å²) >= 11 is 1.72. The van der Waals surface area contributed by atoms with Gasteiger partial charge in [-0.15, -0.1) is 10.2 Å². The van der Waals surface area contributed by atoms with Crippen molar-refractivity contribution >= 4 is 11.8 Å². The molecule has 0 aliphatic heterocycles. The number of hydrogen-bond donors (Lipinski definition) is 1. The van der Waals surface area contributed by atoms with E-state index >= 15 is 0 Å². The summed E-state index contributed by atoms with van der Waals surface area (Å²) in [5, 5.41) is 9.80. The standard InChI is InChI=1S/C19H20N4S/c1-13-9-11-15(12-10-13)18-21-22-19(23(18)20)24-17-8-4-6-14-5-2-3-7-16(14)17/h2-3,5,7,9-12,17H,4,6,8,20H2,1H3. The van der Waals surface area contributed by atoms with Gasteiger partial charge in [-0.25, -0.2) is 4.68 Å². The minimum atomic E-state index is 0.396. The summed E-state index contributed by atoms with van der Waals surface area (Å²) in [6.07, 6.45) is 3.52. The number of hydrogen-bond acceptors (Lipinski definition) is 4. The Labute approximate surface area is 146 Å². The maximum Gasteiger partial charge on any atom is 0.210 e. The monoisotopic (exact) mass is 336 g/mol. The maximum atomic E-state index is 6.28. The van der Waals surface area contributed by atoms with Gasteiger partial charge in [0, 0.05) is 10.8 Å². The molecule has 1 heterocycles. The van der Waals surface area contributed by atoms with Crippen molar-refractivity contribution in [3.63, 3.8) is 0 Å². The van der Waals surface area contributed by atoms with Crippen molar-refractivity contribution in [3.8, 4) is 11.4 Å². The largest absolute Gasteiger partial charge is 0.335 e. The van der Waals surface area contributed by atoms with E-state index in [2.05, 4.69) is 53.5 Å². The number of fused-ring (bicyclic) bond motifs is 1. The third-order valence-electron chi connectivity index (χ3n) is 4.54. The fourth-order valence-electron chi connectivity index (χ4n) is 3.22. The molecule has 0 saturated heterocycles. The number of aromatic nitrogens is 3. The van der Waals surface area contributed by atoms with E-state index in [0.29, 0.717) is 11.1 Å². The average Bonchev–Trinajstić information content (AvgIpc) is 2.97. The summed E-state index contributed by atoms with van der Waals surface area (Å²) in [4.78, 5) is 0. The van der Waals surface area contributed by atoms with E-state index in [0.717, 1.165) is 23.6 Å². The van der Waals surface area contributed by atoms with Crippen LogP contribution in [0, 0.1) is 6.92 Å². The van der Waals surface area contributed by atoms with Crippen molar-refractivity contribution in [2.24, 2.45) is 0 Å². The molecular weight excluding hydrogens is 316 g/mol. The van der Waals surface area contributed by atoms with E-state index in [4.69, 9.17) is 5.84 Å². The van der Waals surface area contributed by atoms with Gasteiger partial charge in [0.1, 0.15) is 0 Å². The predicted octanol–water partition coefficient (Wildman–Crippen LogP) is 4.14. The first-order valence-electron chi connectivity index (χ1n) is 8.24. The van der Waals surface area contributed by atoms with Crippen molar-refractivity contribution in [2.75, 3.05) is 5.84 Å². The number of aryl methyl sites for hydroxylation is 2. The van der Waals surface area contributed by atoms with Gasteiger partial charge in [0.25, 0.3) is 0 Å². The van der Waals surface area contributed by atoms with Crippen molar-refractivity contribution in [3.05, 3.63) is 65.2 Å². The second kappa shape index (κ2) is 6.32. The molecule has 0 spiro atoms. The zero-order chi connectivity index (χ0) is 16.5. The van der Waals surface area contributed by atoms with Gasteiger partial charge in [-0.3, -0.25) is 0 Å². The Hall–Kier alpha value is -2.27. The van der Waals surface area contributed by atoms with Crippen LogP contribution in [0.15, 0.2) is 53.7 Å². The van der Waals surface area contributed by atoms with E-state index in [9.17, 15) is 0 Å². The van der Waals surface area contributed by atoms with Crippen LogP contribution in [-0.4, -0.2) is 14.9 Å². The predicted molar refractivity (Wildman–Crippen MR) is 98.3 cm³/mol. The van der Waals surface area contributed by atoms with Crippen molar-refractivity contribution in [1.82, 2.24) is 14.9 Å². The highest BCUT2D eigenvalue weighted by molar-refractivity contribution is 7.99. The molecule has 1 aromatic heterocycles. The van der Waals surface area contributed by atoms with Gasteiger partial charge in [0.15, 0.2) is 5.82 Å². The zero-order valence-electron chi connectivity index (χ0n) is 13.6. The summed E-state index contributed by atoms with van der Waals surface area (Å²) < 4.78 is 1.62. The summed E-state index contributed by atoms with van der Waals surface area (Å²) in [7, 11) is 0. The van der Waals surface area contributed by atoms with Crippen LogP contribution in [0.1, 0.15) is 34.8 Å². The quantitative estimate of drug-likeness (QED) is 0.731. The average molecular weight is 336 g/mol. The molecule has 2 N–H and O–H groups in total. The lowest BCUT2D eigenvalue weighted by Crippen LogP contribution is -2.13. The van der Waals surface area contributed by atoms with Crippen molar-refractivity contribution in [1.29, 1.82) is 0 Å². The minimum Gasteiger partial charge on any atom is -0.335 e. The Balaban J connectivity index is 1.62. The van der Waals surface area contributed by atoms with E-state index in [1.54, 1.807) is 16.4 Å². The second-order valence-electron chi connectivity index (χ2n) is 6.24. The number of benzene rings is 2. The number of nitrogen functional groups attached to an aromatic ring is 1. The van der Waals surface area contributed by atoms with Crippen LogP contribution >= 0.6 is 11.8 Å². The van der Waals surface area contributed by atoms with Crippen LogP contribution in [0.25, 0.3) is 11.4 Å². The molecule has 0 amide bonds. The molecule has 24 heavy (non-hydrogen) atoms. The molecule has 1 aliphatic carbocycles. The molecule has 3 aromatic rings. The van der Waals surface area contributed by atoms with Crippen LogP contribution in [0.5, 0.6) is 0 Å². The van der Waals surface area contributed by atoms with Crippen LogP contribution in [0.4, 0.5) is 0 Å². The fourth-order valence-corrected chi connectivity index (χ4v) is 4.40. The van der Waals surface area contributed by atoms with E-state index in [1.807, 2.05) is 12.1 Å². The highest BCUT2D eigenvalue weighted by Gasteiger charge is 2.23. The number of thioether (sulfide) groups is 1. The van der Waals surface area contributed by atoms with Gasteiger partial charge in [-0.05, 0) is 37.3 Å². The van der Waals surface area contributed by atoms with Crippen molar-refractivity contribution in [2.45, 2.75) is 36.6 Å². The Kier molecular flexibility index (Phi) is 4.02. The van der Waals surface area contributed by atoms with Gasteiger partial charge in [0.05, 0.1) is 0 Å². The molecule has 1 unspecified atom stereocenters. The molecule has 2 aromatic carbocycles. The Morgan fingerprint density at radius 1 is 1.08 bits per heavy atom. The molecule has 1 aliphatic rings. The van der Waals surface area contributed by atoms with Gasteiger partial charge in [-0.2, -0.15) is 0 Å². The second-order valence-corrected chi connectivity index (χ2v) is 7.41. The van der Waals surface area contributed by atoms with E-state index < -0.39 is 0 Å². The van der Waals surface area contributed by atoms with Gasteiger partial charge in [0.2, 0.25) is 5.16 Å². The number of nitrogens with two attached hydrogens (primary N) is 1. The first kappa shape index (κ1) is 15.3. The van der Waals surface area contributed by atoms with E-state index in [-0.39, 0.29) is 0 Å². The smallest absolute Gasteiger partial charge is 0.210 e. The van der Waals surface area contributed by atoms with Gasteiger partial charge >= 0.3 is 0 Å². The third-order valence-corrected chi connectivity index (χ3v) is 5.80. The molecule has 0 saturated carbocycles. The normalized spacial score (nSPS) is 16.8. The summed E-state index contributed by atoms with van der Waals surface area (Å²) in [6, 6.07) is 16.9. The topological polar surface area (TPSA) is 56.7 Å². The fraction of sp³-hybridized carbons (Fsp3) is 0.263. The van der Waals surface area contributed by atoms with Crippen LogP contribution in [-0.2, 0) is 6.42 Å². The molecule has 0 fully saturated rings. The highest BCUT2D eigenvalue weighted by Crippen LogP contribution is 2.42. The molecular formula is C19H20N4S. The SMILES string of the molecule is Cc1ccc(-c2nnc(SC3CCCc4ccccc43)n2N)cc1. The molecule has 5 heteroatoms. The van der Waals surface area contributed by atoms with Crippen LogP contribution in [0.3, 0.4) is 0 Å². The van der Waals surface area contributed by atoms with Crippen molar-refractivity contribution < 1.29 is 0 Å². The molecule has 4 rings (SSSR count). The molecule has 0 bridgehead atoms. The lowest BCUT2D eigenvalue weighted by molar-refractivity contribution is 0.670. The molecule has 122 valence electrons. The van der Waals surface area contributed by atoms with E-state index in [1.165, 1.54) is 23.1 Å². The van der Waals surface area contributed by atoms with Gasteiger partial charge in [-0.1, -0.05) is 65.9 Å². The van der Waals surface area contributed by atoms with Gasteiger partial charge < -0.3 is 5.84 Å². The zero-order valence-corrected chi connectivity index (χ0v) is 14.5. The third kappa shape index (κ3) is 2.80. The Bertz CT molecular complexity index is 854. The summed E-state index contributed by atoms with van der Waals surface area (Å²) in [6.45, 7) is 2.07. The summed E-state index contributed by atoms with van der Waals surface area (Å²) in [5.74, 6) is 6.99. The Morgan fingerprint density at radius 3 is 2.71 bits per heavy atom. The maximum absolute atomic E-state index is 6.28. The first-order valence-corrected chi connectivity index (χ1v) is 9.12. The lowest BCUT2D eigenvalue weighted by atomic mass is 9.91. The first-order chi connectivity index (χ1) is 11.7. The Morgan fingerprint density at radius 2 is 1.88 bits per heavy atom. The minimum absolute atomic E-state index is 0.396.